The Bertz CT molecular complexity index is 1660. The maximum atomic E-state index is 14.1. The normalized spacial score (nSPS) is 20.0. The van der Waals surface area contributed by atoms with Crippen molar-refractivity contribution in [1.82, 2.24) is 19.8 Å². The van der Waals surface area contributed by atoms with Crippen molar-refractivity contribution in [2.24, 2.45) is 0 Å². The predicted molar refractivity (Wildman–Crippen MR) is 175 cm³/mol. The maximum absolute atomic E-state index is 14.1. The molecule has 6 rings (SSSR count). The Morgan fingerprint density at radius 3 is 2.58 bits per heavy atom. The summed E-state index contributed by atoms with van der Waals surface area (Å²) in [5, 5.41) is -0.357. The standard InChI is InChI=1S/C34H37ClF3N7O3/c1-39-18-25-19-44(16-17-45(25)33(46)48-21-23-8-4-3-5-9-23)31-26-13-15-43(29-12-6-11-27(35)30(29)34(36,37)38)20-28(26)40-32(41-31)47-22-24-10-7-14-42(24)2/h3-6,8-9,11-12,24-25H,7,10,13-22H2,2H3/t24-,25-/m0/s1. The molecule has 3 aromatic rings. The van der Waals surface area contributed by atoms with Crippen molar-refractivity contribution >= 4 is 29.2 Å². The molecule has 254 valence electrons. The van der Waals surface area contributed by atoms with Crippen LogP contribution in [0.25, 0.3) is 4.85 Å². The smallest absolute Gasteiger partial charge is 0.419 e. The van der Waals surface area contributed by atoms with Gasteiger partial charge in [0.2, 0.25) is 6.54 Å². The van der Waals surface area contributed by atoms with E-state index in [-0.39, 0.29) is 49.0 Å². The van der Waals surface area contributed by atoms with Crippen molar-refractivity contribution in [2.75, 3.05) is 62.7 Å². The van der Waals surface area contributed by atoms with Gasteiger partial charge in [0.25, 0.3) is 0 Å². The second kappa shape index (κ2) is 14.5. The van der Waals surface area contributed by atoms with Crippen LogP contribution in [0.15, 0.2) is 48.5 Å². The Morgan fingerprint density at radius 2 is 1.85 bits per heavy atom. The van der Waals surface area contributed by atoms with E-state index in [1.54, 1.807) is 9.80 Å². The average molecular weight is 684 g/mol. The van der Waals surface area contributed by atoms with Gasteiger partial charge in [0.05, 0.1) is 28.5 Å². The average Bonchev–Trinajstić information content (AvgIpc) is 3.49. The highest BCUT2D eigenvalue weighted by molar-refractivity contribution is 6.31. The zero-order valence-electron chi connectivity index (χ0n) is 26.6. The number of rotatable bonds is 8. The van der Waals surface area contributed by atoms with Gasteiger partial charge in [-0.15, -0.1) is 0 Å². The van der Waals surface area contributed by atoms with Crippen molar-refractivity contribution in [3.63, 3.8) is 0 Å². The number of ether oxygens (including phenoxy) is 2. The van der Waals surface area contributed by atoms with E-state index in [1.165, 1.54) is 18.2 Å². The molecule has 0 saturated carbocycles. The van der Waals surface area contributed by atoms with Gasteiger partial charge in [0.1, 0.15) is 25.1 Å². The van der Waals surface area contributed by atoms with E-state index < -0.39 is 23.9 Å². The number of nitrogens with zero attached hydrogens (tertiary/aromatic N) is 7. The summed E-state index contributed by atoms with van der Waals surface area (Å²) >= 11 is 6.06. The summed E-state index contributed by atoms with van der Waals surface area (Å²) in [4.78, 5) is 33.8. The van der Waals surface area contributed by atoms with Gasteiger partial charge in [-0.2, -0.15) is 23.1 Å². The van der Waals surface area contributed by atoms with Crippen LogP contribution in [0.1, 0.15) is 35.2 Å². The maximum Gasteiger partial charge on any atom is 0.419 e. The summed E-state index contributed by atoms with van der Waals surface area (Å²) in [6.45, 7) is 10.6. The number of likely N-dealkylation sites (tertiary alicyclic amines) is 1. The lowest BCUT2D eigenvalue weighted by Crippen LogP contribution is -2.57. The number of aromatic nitrogens is 2. The first kappa shape index (κ1) is 33.6. The van der Waals surface area contributed by atoms with Crippen LogP contribution >= 0.6 is 11.6 Å². The highest BCUT2D eigenvalue weighted by atomic mass is 35.5. The molecule has 0 bridgehead atoms. The summed E-state index contributed by atoms with van der Waals surface area (Å²) in [6.07, 6.45) is -2.69. The zero-order chi connectivity index (χ0) is 33.8. The van der Waals surface area contributed by atoms with Crippen molar-refractivity contribution in [3.05, 3.63) is 87.4 Å². The van der Waals surface area contributed by atoms with Crippen LogP contribution in [0.2, 0.25) is 5.02 Å². The number of carbonyl (C=O) groups excluding carboxylic acids is 1. The number of hydrogen-bond donors (Lipinski definition) is 0. The van der Waals surface area contributed by atoms with E-state index in [0.29, 0.717) is 44.2 Å². The van der Waals surface area contributed by atoms with Gasteiger partial charge < -0.3 is 29.0 Å². The summed E-state index contributed by atoms with van der Waals surface area (Å²) in [5.41, 5.74) is 1.37. The lowest BCUT2D eigenvalue weighted by Gasteiger charge is -2.41. The second-order valence-corrected chi connectivity index (χ2v) is 12.7. The molecule has 1 amide bonds. The van der Waals surface area contributed by atoms with Gasteiger partial charge in [-0.1, -0.05) is 48.0 Å². The molecule has 2 aromatic carbocycles. The number of carbonyl (C=O) groups is 1. The largest absolute Gasteiger partial charge is 0.462 e. The van der Waals surface area contributed by atoms with Gasteiger partial charge >= 0.3 is 18.3 Å². The van der Waals surface area contributed by atoms with Crippen LogP contribution in [0.3, 0.4) is 0 Å². The third kappa shape index (κ3) is 7.39. The number of piperazine rings is 1. The molecule has 2 fully saturated rings. The quantitative estimate of drug-likeness (QED) is 0.271. The van der Waals surface area contributed by atoms with Crippen LogP contribution < -0.4 is 14.5 Å². The van der Waals surface area contributed by atoms with E-state index >= 15 is 0 Å². The third-order valence-electron chi connectivity index (χ3n) is 9.24. The molecule has 3 aliphatic heterocycles. The van der Waals surface area contributed by atoms with E-state index in [0.717, 1.165) is 30.5 Å². The summed E-state index contributed by atoms with van der Waals surface area (Å²) < 4.78 is 54.1. The number of hydrogen-bond acceptors (Lipinski definition) is 8. The molecule has 4 heterocycles. The van der Waals surface area contributed by atoms with Gasteiger partial charge in [0, 0.05) is 37.8 Å². The first-order valence-electron chi connectivity index (χ1n) is 16.0. The Balaban J connectivity index is 1.27. The number of fused-ring (bicyclic) bond motifs is 1. The monoisotopic (exact) mass is 683 g/mol. The van der Waals surface area contributed by atoms with Crippen molar-refractivity contribution < 1.29 is 27.4 Å². The lowest BCUT2D eigenvalue weighted by atomic mass is 10.0. The van der Waals surface area contributed by atoms with Crippen LogP contribution in [0.4, 0.5) is 29.5 Å². The number of amides is 1. The fraction of sp³-hybridized carbons (Fsp3) is 0.471. The molecular weight excluding hydrogens is 647 g/mol. The van der Waals surface area contributed by atoms with Gasteiger partial charge in [-0.25, -0.2) is 11.4 Å². The van der Waals surface area contributed by atoms with Gasteiger partial charge in [-0.3, -0.25) is 4.90 Å². The predicted octanol–water partition coefficient (Wildman–Crippen LogP) is 5.93. The zero-order valence-corrected chi connectivity index (χ0v) is 27.4. The Morgan fingerprint density at radius 1 is 1.04 bits per heavy atom. The molecule has 2 atom stereocenters. The van der Waals surface area contributed by atoms with E-state index in [1.807, 2.05) is 42.3 Å². The first-order chi connectivity index (χ1) is 23.1. The fourth-order valence-electron chi connectivity index (χ4n) is 6.69. The highest BCUT2D eigenvalue weighted by Gasteiger charge is 2.40. The minimum atomic E-state index is -4.63. The van der Waals surface area contributed by atoms with Gasteiger partial charge in [0.15, 0.2) is 0 Å². The topological polar surface area (TPSA) is 78.6 Å². The van der Waals surface area contributed by atoms with Gasteiger partial charge in [-0.05, 0) is 50.6 Å². The Labute approximate surface area is 282 Å². The number of anilines is 2. The molecule has 0 aliphatic carbocycles. The van der Waals surface area contributed by atoms with Crippen LogP contribution in [0, 0.1) is 6.57 Å². The Hall–Kier alpha value is -4.28. The van der Waals surface area contributed by atoms with E-state index in [9.17, 15) is 18.0 Å². The minimum absolute atomic E-state index is 0.00406. The van der Waals surface area contributed by atoms with Crippen molar-refractivity contribution in [3.8, 4) is 6.01 Å². The molecule has 0 radical (unpaired) electrons. The second-order valence-electron chi connectivity index (χ2n) is 12.3. The summed E-state index contributed by atoms with van der Waals surface area (Å²) in [6, 6.07) is 13.5. The van der Waals surface area contributed by atoms with Crippen molar-refractivity contribution in [2.45, 2.75) is 50.7 Å². The summed E-state index contributed by atoms with van der Waals surface area (Å²) in [7, 11) is 2.04. The number of alkyl halides is 3. The van der Waals surface area contributed by atoms with E-state index in [4.69, 9.17) is 37.6 Å². The van der Waals surface area contributed by atoms with Crippen LogP contribution in [-0.2, 0) is 30.5 Å². The molecule has 48 heavy (non-hydrogen) atoms. The molecule has 0 spiro atoms. The molecule has 14 heteroatoms. The molecule has 0 unspecified atom stereocenters. The number of benzene rings is 2. The lowest BCUT2D eigenvalue weighted by molar-refractivity contribution is -0.137. The number of halogens is 4. The SMILES string of the molecule is [C-]#[N+]C[C@H]1CN(c2nc(OC[C@@H]3CCCN3C)nc3c2CCN(c2cccc(Cl)c2C(F)(F)F)C3)CCN1C(=O)OCc1ccccc1. The Kier molecular flexibility index (Phi) is 10.1. The highest BCUT2D eigenvalue weighted by Crippen LogP contribution is 2.43. The molecule has 10 nitrogen and oxygen atoms in total. The van der Waals surface area contributed by atoms with E-state index in [2.05, 4.69) is 9.74 Å². The van der Waals surface area contributed by atoms with Crippen LogP contribution in [0.5, 0.6) is 6.01 Å². The molecule has 0 N–H and O–H groups in total. The molecule has 1 aromatic heterocycles. The molecule has 2 saturated heterocycles. The number of likely N-dealkylation sites (N-methyl/N-ethyl adjacent to an activating group) is 1. The molecular formula is C34H37ClF3N7O3. The van der Waals surface area contributed by atoms with Crippen LogP contribution in [-0.4, -0.2) is 90.9 Å². The minimum Gasteiger partial charge on any atom is -0.462 e. The summed E-state index contributed by atoms with van der Waals surface area (Å²) in [5.74, 6) is 0.615. The first-order valence-corrected chi connectivity index (χ1v) is 16.4. The molecule has 3 aliphatic rings. The fourth-order valence-corrected chi connectivity index (χ4v) is 6.97. The third-order valence-corrected chi connectivity index (χ3v) is 9.55. The van der Waals surface area contributed by atoms with Crippen molar-refractivity contribution in [1.29, 1.82) is 0 Å².